The molecule has 0 spiro atoms. The van der Waals surface area contributed by atoms with Crippen LogP contribution in [0, 0.1) is 0 Å². The predicted molar refractivity (Wildman–Crippen MR) is 69.5 cm³/mol. The van der Waals surface area contributed by atoms with E-state index in [4.69, 9.17) is 0 Å². The maximum atomic E-state index is 11.3. The number of nitrogens with zero attached hydrogens (tertiary/aromatic N) is 2. The highest BCUT2D eigenvalue weighted by Crippen LogP contribution is 2.17. The van der Waals surface area contributed by atoms with E-state index in [0.717, 1.165) is 10.9 Å². The van der Waals surface area contributed by atoms with Gasteiger partial charge in [0.25, 0.3) is 0 Å². The standard InChI is InChI=1S/C11H20N4OS/c1-2-15-10(16)13-14-11(15)17-8-4-6-9-5-3-7-12-9/h9,12H,2-8H2,1H3,(H,13,16). The minimum absolute atomic E-state index is 0.104. The number of nitrogens with one attached hydrogen (secondary N) is 2. The first-order valence-corrected chi connectivity index (χ1v) is 7.31. The first-order valence-electron chi connectivity index (χ1n) is 6.32. The summed E-state index contributed by atoms with van der Waals surface area (Å²) in [6.45, 7) is 3.82. The van der Waals surface area contributed by atoms with Crippen LogP contribution in [0.25, 0.3) is 0 Å². The number of thioether (sulfide) groups is 1. The van der Waals surface area contributed by atoms with Gasteiger partial charge in [-0.3, -0.25) is 4.57 Å². The maximum absolute atomic E-state index is 11.3. The Bertz CT molecular complexity index is 394. The molecule has 0 amide bonds. The fourth-order valence-corrected chi connectivity index (χ4v) is 3.16. The van der Waals surface area contributed by atoms with Crippen molar-refractivity contribution < 1.29 is 0 Å². The van der Waals surface area contributed by atoms with Crippen molar-refractivity contribution in [1.82, 2.24) is 20.1 Å². The highest BCUT2D eigenvalue weighted by Gasteiger charge is 2.13. The van der Waals surface area contributed by atoms with Crippen molar-refractivity contribution in [2.75, 3.05) is 12.3 Å². The van der Waals surface area contributed by atoms with Crippen molar-refractivity contribution in [2.24, 2.45) is 0 Å². The smallest absolute Gasteiger partial charge is 0.314 e. The zero-order valence-corrected chi connectivity index (χ0v) is 11.1. The van der Waals surface area contributed by atoms with E-state index < -0.39 is 0 Å². The van der Waals surface area contributed by atoms with Crippen LogP contribution in [0.5, 0.6) is 0 Å². The maximum Gasteiger partial charge on any atom is 0.343 e. The van der Waals surface area contributed by atoms with E-state index in [-0.39, 0.29) is 5.69 Å². The van der Waals surface area contributed by atoms with Crippen molar-refractivity contribution in [3.63, 3.8) is 0 Å². The molecule has 1 aromatic heterocycles. The van der Waals surface area contributed by atoms with Gasteiger partial charge in [0.15, 0.2) is 5.16 Å². The van der Waals surface area contributed by atoms with E-state index in [2.05, 4.69) is 15.5 Å². The Labute approximate surface area is 105 Å². The lowest BCUT2D eigenvalue weighted by Crippen LogP contribution is -2.21. The average molecular weight is 256 g/mol. The van der Waals surface area contributed by atoms with Crippen LogP contribution in [0.3, 0.4) is 0 Å². The van der Waals surface area contributed by atoms with Crippen molar-refractivity contribution >= 4 is 11.8 Å². The van der Waals surface area contributed by atoms with Gasteiger partial charge < -0.3 is 5.32 Å². The highest BCUT2D eigenvalue weighted by molar-refractivity contribution is 7.99. The van der Waals surface area contributed by atoms with Crippen molar-refractivity contribution in [1.29, 1.82) is 0 Å². The minimum Gasteiger partial charge on any atom is -0.314 e. The molecule has 17 heavy (non-hydrogen) atoms. The molecule has 1 saturated heterocycles. The van der Waals surface area contributed by atoms with Gasteiger partial charge in [-0.15, -0.1) is 5.10 Å². The molecule has 1 aromatic rings. The SMILES string of the molecule is CCn1c(SCCCC2CCCN2)n[nH]c1=O. The topological polar surface area (TPSA) is 62.7 Å². The Morgan fingerprint density at radius 3 is 3.18 bits per heavy atom. The molecule has 1 unspecified atom stereocenters. The van der Waals surface area contributed by atoms with E-state index in [0.29, 0.717) is 12.6 Å². The average Bonchev–Trinajstić information content (AvgIpc) is 2.94. The van der Waals surface area contributed by atoms with Gasteiger partial charge in [-0.2, -0.15) is 0 Å². The van der Waals surface area contributed by atoms with Crippen LogP contribution < -0.4 is 11.0 Å². The van der Waals surface area contributed by atoms with Crippen LogP contribution in [0.15, 0.2) is 9.95 Å². The monoisotopic (exact) mass is 256 g/mol. The summed E-state index contributed by atoms with van der Waals surface area (Å²) in [4.78, 5) is 11.3. The summed E-state index contributed by atoms with van der Waals surface area (Å²) in [6, 6.07) is 0.711. The third kappa shape index (κ3) is 3.35. The molecular weight excluding hydrogens is 236 g/mol. The van der Waals surface area contributed by atoms with E-state index >= 15 is 0 Å². The second kappa shape index (κ2) is 6.26. The summed E-state index contributed by atoms with van der Waals surface area (Å²) in [5.41, 5.74) is -0.104. The van der Waals surface area contributed by atoms with Crippen LogP contribution in [0.1, 0.15) is 32.6 Å². The lowest BCUT2D eigenvalue weighted by molar-refractivity contribution is 0.553. The fourth-order valence-electron chi connectivity index (χ4n) is 2.19. The van der Waals surface area contributed by atoms with Gasteiger partial charge in [-0.05, 0) is 39.2 Å². The molecule has 2 rings (SSSR count). The van der Waals surface area contributed by atoms with Crippen molar-refractivity contribution in [3.05, 3.63) is 10.5 Å². The van der Waals surface area contributed by atoms with Crippen LogP contribution in [-0.4, -0.2) is 33.1 Å². The lowest BCUT2D eigenvalue weighted by Gasteiger charge is -2.08. The quantitative estimate of drug-likeness (QED) is 0.593. The number of hydrogen-bond acceptors (Lipinski definition) is 4. The molecule has 0 aromatic carbocycles. The molecule has 1 aliphatic heterocycles. The summed E-state index contributed by atoms with van der Waals surface area (Å²) in [5, 5.41) is 10.8. The molecule has 1 fully saturated rings. The largest absolute Gasteiger partial charge is 0.343 e. The van der Waals surface area contributed by atoms with Crippen LogP contribution in [0.4, 0.5) is 0 Å². The van der Waals surface area contributed by atoms with E-state index in [1.807, 2.05) is 6.92 Å². The summed E-state index contributed by atoms with van der Waals surface area (Å²) in [7, 11) is 0. The second-order valence-electron chi connectivity index (χ2n) is 4.34. The van der Waals surface area contributed by atoms with E-state index in [9.17, 15) is 4.79 Å². The lowest BCUT2D eigenvalue weighted by atomic mass is 10.1. The number of aromatic amines is 1. The Kier molecular flexibility index (Phi) is 4.67. The molecule has 0 radical (unpaired) electrons. The molecule has 1 atom stereocenters. The van der Waals surface area contributed by atoms with Crippen LogP contribution in [0.2, 0.25) is 0 Å². The summed E-state index contributed by atoms with van der Waals surface area (Å²) >= 11 is 1.67. The minimum atomic E-state index is -0.104. The second-order valence-corrected chi connectivity index (χ2v) is 5.40. The first kappa shape index (κ1) is 12.7. The molecule has 1 aliphatic rings. The van der Waals surface area contributed by atoms with Gasteiger partial charge in [-0.1, -0.05) is 11.8 Å². The summed E-state index contributed by atoms with van der Waals surface area (Å²) in [6.07, 6.45) is 5.03. The van der Waals surface area contributed by atoms with Crippen molar-refractivity contribution in [3.8, 4) is 0 Å². The molecule has 2 heterocycles. The Hall–Kier alpha value is -0.750. The first-order chi connectivity index (χ1) is 8.31. The summed E-state index contributed by atoms with van der Waals surface area (Å²) < 4.78 is 1.68. The number of hydrogen-bond donors (Lipinski definition) is 2. The molecule has 5 nitrogen and oxygen atoms in total. The van der Waals surface area contributed by atoms with Gasteiger partial charge >= 0.3 is 5.69 Å². The number of H-pyrrole nitrogens is 1. The fraction of sp³-hybridized carbons (Fsp3) is 0.818. The van der Waals surface area contributed by atoms with Gasteiger partial charge in [-0.25, -0.2) is 9.89 Å². The molecule has 6 heteroatoms. The van der Waals surface area contributed by atoms with Gasteiger partial charge in [0.05, 0.1) is 0 Å². The molecule has 0 aliphatic carbocycles. The van der Waals surface area contributed by atoms with Gasteiger partial charge in [0, 0.05) is 18.3 Å². The van der Waals surface area contributed by atoms with Crippen molar-refractivity contribution in [2.45, 2.75) is 50.4 Å². The van der Waals surface area contributed by atoms with Crippen LogP contribution >= 0.6 is 11.8 Å². The Morgan fingerprint density at radius 1 is 1.59 bits per heavy atom. The molecule has 0 saturated carbocycles. The molecule has 2 N–H and O–H groups in total. The Morgan fingerprint density at radius 2 is 2.47 bits per heavy atom. The summed E-state index contributed by atoms with van der Waals surface area (Å²) in [5.74, 6) is 1.03. The third-order valence-electron chi connectivity index (χ3n) is 3.13. The highest BCUT2D eigenvalue weighted by atomic mass is 32.2. The van der Waals surface area contributed by atoms with Gasteiger partial charge in [0.1, 0.15) is 0 Å². The molecule has 0 bridgehead atoms. The zero-order valence-electron chi connectivity index (χ0n) is 10.2. The van der Waals surface area contributed by atoms with E-state index in [1.54, 1.807) is 16.3 Å². The van der Waals surface area contributed by atoms with Gasteiger partial charge in [0.2, 0.25) is 0 Å². The number of rotatable bonds is 6. The van der Waals surface area contributed by atoms with Crippen LogP contribution in [-0.2, 0) is 6.54 Å². The number of aromatic nitrogens is 3. The van der Waals surface area contributed by atoms with E-state index in [1.165, 1.54) is 32.2 Å². The third-order valence-corrected chi connectivity index (χ3v) is 4.19. The zero-order chi connectivity index (χ0) is 12.1. The molecular formula is C11H20N4OS. The normalized spacial score (nSPS) is 19.9. The predicted octanol–water partition coefficient (Wildman–Crippen LogP) is 1.22. The Balaban J connectivity index is 1.72. The molecule has 96 valence electrons.